The van der Waals surface area contributed by atoms with Gasteiger partial charge in [0, 0.05) is 17.0 Å². The number of fused-ring (bicyclic) bond motifs is 3. The molecule has 1 aliphatic carbocycles. The monoisotopic (exact) mass is 400 g/mol. The number of carbonyl (C=O) groups is 2. The zero-order chi connectivity index (χ0) is 20.5. The number of nitrogens with zero attached hydrogens (tertiary/aromatic N) is 1. The van der Waals surface area contributed by atoms with Crippen LogP contribution in [0.5, 0.6) is 17.2 Å². The number of Topliss-reactive ketones (excluding diaryl/α,β-unsaturated/α-hetero) is 2. The predicted molar refractivity (Wildman–Crippen MR) is 101 cm³/mol. The van der Waals surface area contributed by atoms with Crippen LogP contribution in [0, 0.1) is 6.92 Å². The number of aliphatic hydroxyl groups excluding tert-OH is 1. The second kappa shape index (κ2) is 5.59. The second-order valence-electron chi connectivity index (χ2n) is 6.85. The molecule has 0 unspecified atom stereocenters. The van der Waals surface area contributed by atoms with E-state index >= 15 is 0 Å². The number of benzene rings is 1. The predicted octanol–water partition coefficient (Wildman–Crippen LogP) is 2.63. The molecule has 8 nitrogen and oxygen atoms in total. The number of phenols is 2. The molecule has 0 amide bonds. The summed E-state index contributed by atoms with van der Waals surface area (Å²) in [7, 11) is 0. The van der Waals surface area contributed by atoms with E-state index in [1.165, 1.54) is 26.8 Å². The summed E-state index contributed by atoms with van der Waals surface area (Å²) >= 11 is 1.16. The molecule has 28 heavy (non-hydrogen) atoms. The second-order valence-corrected chi connectivity index (χ2v) is 7.74. The van der Waals surface area contributed by atoms with Gasteiger partial charge >= 0.3 is 0 Å². The zero-order valence-corrected chi connectivity index (χ0v) is 16.0. The Kier molecular flexibility index (Phi) is 3.60. The summed E-state index contributed by atoms with van der Waals surface area (Å²) in [5.74, 6) is -2.32. The smallest absolute Gasteiger partial charge is 0.188 e. The van der Waals surface area contributed by atoms with Gasteiger partial charge in [-0.1, -0.05) is 0 Å². The Balaban J connectivity index is 2.07. The van der Waals surface area contributed by atoms with Crippen molar-refractivity contribution in [2.24, 2.45) is 0 Å². The highest BCUT2D eigenvalue weighted by Gasteiger charge is 2.55. The third kappa shape index (κ3) is 2.07. The summed E-state index contributed by atoms with van der Waals surface area (Å²) < 4.78 is 5.83. The minimum absolute atomic E-state index is 0.0330. The SMILES string of the molecule is CC(=O)C1=C(O)C=C2Oc3c(-c4csc(N)n4)c(O)c(C)c(O)c3[C@]2(C)C1=O. The molecule has 5 N–H and O–H groups in total. The van der Waals surface area contributed by atoms with Crippen molar-refractivity contribution in [3.63, 3.8) is 0 Å². The lowest BCUT2D eigenvalue weighted by atomic mass is 9.71. The number of nitrogen functional groups attached to an aromatic ring is 1. The summed E-state index contributed by atoms with van der Waals surface area (Å²) in [6, 6.07) is 0. The van der Waals surface area contributed by atoms with Crippen molar-refractivity contribution in [1.82, 2.24) is 4.98 Å². The van der Waals surface area contributed by atoms with Crippen LogP contribution in [0.1, 0.15) is 25.0 Å². The molecule has 4 rings (SSSR count). The molecule has 0 bridgehead atoms. The molecular weight excluding hydrogens is 384 g/mol. The number of allylic oxidation sites excluding steroid dienone is 3. The lowest BCUT2D eigenvalue weighted by Gasteiger charge is -2.28. The van der Waals surface area contributed by atoms with Crippen molar-refractivity contribution in [2.75, 3.05) is 5.73 Å². The minimum atomic E-state index is -1.54. The molecular formula is C19H16N2O6S. The normalized spacial score (nSPS) is 20.5. The molecule has 2 heterocycles. The largest absolute Gasteiger partial charge is 0.507 e. The van der Waals surface area contributed by atoms with Crippen molar-refractivity contribution >= 4 is 28.0 Å². The number of phenolic OH excluding ortho intramolecular Hbond substituents is 2. The molecule has 2 aromatic rings. The van der Waals surface area contributed by atoms with Crippen molar-refractivity contribution in [3.8, 4) is 28.5 Å². The molecule has 0 spiro atoms. The maximum atomic E-state index is 13.2. The first-order valence-electron chi connectivity index (χ1n) is 8.28. The van der Waals surface area contributed by atoms with Crippen LogP contribution in [-0.4, -0.2) is 31.9 Å². The van der Waals surface area contributed by atoms with Crippen LogP contribution in [0.15, 0.2) is 28.5 Å². The number of thiazole rings is 1. The standard InChI is InChI=1S/C19H16N2O6S/c1-6-14(24)12(8-5-28-18(20)21-8)16-13(15(6)25)19(3)10(27-16)4-9(23)11(7(2)22)17(19)26/h4-5,23-25H,1-3H3,(H2,20,21)/t19-/m1/s1. The van der Waals surface area contributed by atoms with E-state index in [-0.39, 0.29) is 50.4 Å². The highest BCUT2D eigenvalue weighted by Crippen LogP contribution is 2.59. The van der Waals surface area contributed by atoms with Gasteiger partial charge in [-0.2, -0.15) is 0 Å². The number of aromatic hydroxyl groups is 2. The minimum Gasteiger partial charge on any atom is -0.507 e. The lowest BCUT2D eigenvalue weighted by molar-refractivity contribution is -0.123. The van der Waals surface area contributed by atoms with E-state index in [4.69, 9.17) is 10.5 Å². The molecule has 1 atom stereocenters. The maximum absolute atomic E-state index is 13.2. The van der Waals surface area contributed by atoms with Crippen LogP contribution >= 0.6 is 11.3 Å². The Morgan fingerprint density at radius 1 is 1.29 bits per heavy atom. The van der Waals surface area contributed by atoms with Gasteiger partial charge in [0.1, 0.15) is 39.8 Å². The Hall–Kier alpha value is -3.33. The molecule has 144 valence electrons. The lowest BCUT2D eigenvalue weighted by Crippen LogP contribution is -2.38. The van der Waals surface area contributed by atoms with Crippen molar-refractivity contribution in [2.45, 2.75) is 26.2 Å². The maximum Gasteiger partial charge on any atom is 0.188 e. The molecule has 0 saturated carbocycles. The van der Waals surface area contributed by atoms with Gasteiger partial charge in [0.05, 0.1) is 16.8 Å². The number of ketones is 2. The average Bonchev–Trinajstić information content (AvgIpc) is 3.15. The van der Waals surface area contributed by atoms with Crippen molar-refractivity contribution in [1.29, 1.82) is 0 Å². The third-order valence-corrected chi connectivity index (χ3v) is 5.85. The number of carbonyl (C=O) groups excluding carboxylic acids is 2. The fraction of sp³-hybridized carbons (Fsp3) is 0.211. The van der Waals surface area contributed by atoms with Gasteiger partial charge in [-0.3, -0.25) is 9.59 Å². The number of rotatable bonds is 2. The van der Waals surface area contributed by atoms with E-state index in [0.29, 0.717) is 5.69 Å². The highest BCUT2D eigenvalue weighted by molar-refractivity contribution is 7.13. The number of nitrogens with two attached hydrogens (primary N) is 1. The zero-order valence-electron chi connectivity index (χ0n) is 15.2. The van der Waals surface area contributed by atoms with Crippen LogP contribution in [0.3, 0.4) is 0 Å². The van der Waals surface area contributed by atoms with Crippen LogP contribution in [-0.2, 0) is 15.0 Å². The molecule has 0 fully saturated rings. The van der Waals surface area contributed by atoms with Gasteiger partial charge in [-0.15, -0.1) is 11.3 Å². The highest BCUT2D eigenvalue weighted by atomic mass is 32.1. The number of hydrogen-bond donors (Lipinski definition) is 4. The van der Waals surface area contributed by atoms with Crippen LogP contribution in [0.25, 0.3) is 11.3 Å². The van der Waals surface area contributed by atoms with Gasteiger partial charge in [-0.05, 0) is 20.8 Å². The van der Waals surface area contributed by atoms with Gasteiger partial charge in [0.15, 0.2) is 16.7 Å². The molecule has 0 saturated heterocycles. The molecule has 2 aliphatic rings. The first-order valence-corrected chi connectivity index (χ1v) is 9.16. The molecule has 1 aromatic carbocycles. The van der Waals surface area contributed by atoms with E-state index in [2.05, 4.69) is 4.98 Å². The van der Waals surface area contributed by atoms with Crippen molar-refractivity contribution < 1.29 is 29.6 Å². The van der Waals surface area contributed by atoms with Crippen LogP contribution in [0.4, 0.5) is 5.13 Å². The Bertz CT molecular complexity index is 1160. The summed E-state index contributed by atoms with van der Waals surface area (Å²) in [6.07, 6.45) is 1.18. The number of anilines is 1. The van der Waals surface area contributed by atoms with Gasteiger partial charge in [0.25, 0.3) is 0 Å². The van der Waals surface area contributed by atoms with Gasteiger partial charge in [0.2, 0.25) is 0 Å². The molecule has 1 aromatic heterocycles. The number of hydrogen-bond acceptors (Lipinski definition) is 9. The van der Waals surface area contributed by atoms with E-state index in [9.17, 15) is 24.9 Å². The van der Waals surface area contributed by atoms with E-state index in [0.717, 1.165) is 11.3 Å². The first kappa shape index (κ1) is 18.1. The van der Waals surface area contributed by atoms with E-state index in [1.807, 2.05) is 0 Å². The molecule has 1 aliphatic heterocycles. The Morgan fingerprint density at radius 2 is 1.96 bits per heavy atom. The van der Waals surface area contributed by atoms with Gasteiger partial charge < -0.3 is 25.8 Å². The number of aliphatic hydroxyl groups is 1. The molecule has 0 radical (unpaired) electrons. The average molecular weight is 400 g/mol. The summed E-state index contributed by atoms with van der Waals surface area (Å²) in [5, 5.41) is 33.5. The topological polar surface area (TPSA) is 143 Å². The summed E-state index contributed by atoms with van der Waals surface area (Å²) in [6.45, 7) is 4.16. The third-order valence-electron chi connectivity index (χ3n) is 5.18. The molecule has 9 heteroatoms. The van der Waals surface area contributed by atoms with E-state index < -0.39 is 22.7 Å². The Morgan fingerprint density at radius 3 is 2.54 bits per heavy atom. The van der Waals surface area contributed by atoms with E-state index in [1.54, 1.807) is 5.38 Å². The summed E-state index contributed by atoms with van der Waals surface area (Å²) in [5.41, 5.74) is 4.52. The fourth-order valence-corrected chi connectivity index (χ4v) is 4.22. The number of aromatic nitrogens is 1. The first-order chi connectivity index (χ1) is 13.1. The summed E-state index contributed by atoms with van der Waals surface area (Å²) in [4.78, 5) is 29.3. The van der Waals surface area contributed by atoms with Gasteiger partial charge in [-0.25, -0.2) is 4.98 Å². The van der Waals surface area contributed by atoms with Crippen LogP contribution < -0.4 is 10.5 Å². The van der Waals surface area contributed by atoms with Crippen molar-refractivity contribution in [3.05, 3.63) is 39.7 Å². The quantitative estimate of drug-likeness (QED) is 0.563. The van der Waals surface area contributed by atoms with Crippen LogP contribution in [0.2, 0.25) is 0 Å². The fourth-order valence-electron chi connectivity index (χ4n) is 3.67. The Labute approximate surface area is 163 Å². The number of ether oxygens (including phenoxy) is 1.